The fourth-order valence-electron chi connectivity index (χ4n) is 2.55. The van der Waals surface area contributed by atoms with Crippen LogP contribution >= 0.6 is 0 Å². The predicted octanol–water partition coefficient (Wildman–Crippen LogP) is 3.22. The van der Waals surface area contributed by atoms with Crippen molar-refractivity contribution in [3.8, 4) is 0 Å². The van der Waals surface area contributed by atoms with Crippen LogP contribution in [-0.4, -0.2) is 30.8 Å². The third kappa shape index (κ3) is 3.20. The monoisotopic (exact) mass is 245 g/mol. The molecule has 98 valence electrons. The standard InChI is InChI=1S/C16H23NO/c1-12-7-8-13(2)15(9-12)16(18)11-17(3)10-14-5-4-6-14/h7-9,14H,4-6,10-11H2,1-3H3. The molecule has 2 rings (SSSR count). The van der Waals surface area contributed by atoms with Gasteiger partial charge in [-0.3, -0.25) is 9.69 Å². The Hall–Kier alpha value is -1.15. The zero-order valence-electron chi connectivity index (χ0n) is 11.7. The van der Waals surface area contributed by atoms with Crippen molar-refractivity contribution >= 4 is 5.78 Å². The SMILES string of the molecule is Cc1ccc(C)c(C(=O)CN(C)CC2CCC2)c1. The Labute approximate surface area is 110 Å². The molecule has 0 radical (unpaired) electrons. The van der Waals surface area contributed by atoms with E-state index in [1.807, 2.05) is 26.0 Å². The van der Waals surface area contributed by atoms with Gasteiger partial charge in [0.25, 0.3) is 0 Å². The van der Waals surface area contributed by atoms with Gasteiger partial charge in [-0.2, -0.15) is 0 Å². The summed E-state index contributed by atoms with van der Waals surface area (Å²) in [5.74, 6) is 1.07. The van der Waals surface area contributed by atoms with Crippen LogP contribution in [0.3, 0.4) is 0 Å². The van der Waals surface area contributed by atoms with E-state index in [9.17, 15) is 4.79 Å². The molecule has 0 bridgehead atoms. The summed E-state index contributed by atoms with van der Waals surface area (Å²) in [7, 11) is 2.06. The second-order valence-corrected chi connectivity index (χ2v) is 5.74. The molecule has 1 aliphatic rings. The van der Waals surface area contributed by atoms with Crippen molar-refractivity contribution in [3.63, 3.8) is 0 Å². The van der Waals surface area contributed by atoms with Gasteiger partial charge in [-0.15, -0.1) is 0 Å². The number of aryl methyl sites for hydroxylation is 2. The summed E-state index contributed by atoms with van der Waals surface area (Å²) in [5.41, 5.74) is 3.13. The molecule has 0 spiro atoms. The average molecular weight is 245 g/mol. The first-order valence-electron chi connectivity index (χ1n) is 6.85. The van der Waals surface area contributed by atoms with Crippen LogP contribution in [0.5, 0.6) is 0 Å². The first-order chi connectivity index (χ1) is 8.56. The Bertz CT molecular complexity index is 435. The second-order valence-electron chi connectivity index (χ2n) is 5.74. The number of rotatable bonds is 5. The van der Waals surface area contributed by atoms with Gasteiger partial charge in [0.2, 0.25) is 0 Å². The zero-order valence-corrected chi connectivity index (χ0v) is 11.7. The van der Waals surface area contributed by atoms with Crippen molar-refractivity contribution in [2.45, 2.75) is 33.1 Å². The van der Waals surface area contributed by atoms with Gasteiger partial charge in [-0.25, -0.2) is 0 Å². The minimum atomic E-state index is 0.248. The predicted molar refractivity (Wildman–Crippen MR) is 75.1 cm³/mol. The molecule has 18 heavy (non-hydrogen) atoms. The summed E-state index contributed by atoms with van der Waals surface area (Å²) >= 11 is 0. The number of Topliss-reactive ketones (excluding diaryl/α,β-unsaturated/α-hetero) is 1. The third-order valence-electron chi connectivity index (χ3n) is 3.90. The van der Waals surface area contributed by atoms with E-state index in [2.05, 4.69) is 18.0 Å². The Morgan fingerprint density at radius 1 is 1.33 bits per heavy atom. The molecular weight excluding hydrogens is 222 g/mol. The molecule has 0 N–H and O–H groups in total. The second kappa shape index (κ2) is 5.66. The van der Waals surface area contributed by atoms with Crippen LogP contribution in [0, 0.1) is 19.8 Å². The first kappa shape index (κ1) is 13.3. The lowest BCUT2D eigenvalue weighted by molar-refractivity contribution is 0.0924. The van der Waals surface area contributed by atoms with Gasteiger partial charge in [-0.05, 0) is 51.3 Å². The smallest absolute Gasteiger partial charge is 0.177 e. The van der Waals surface area contributed by atoms with Crippen LogP contribution in [0.15, 0.2) is 18.2 Å². The van der Waals surface area contributed by atoms with E-state index in [1.54, 1.807) is 0 Å². The van der Waals surface area contributed by atoms with Crippen molar-refractivity contribution < 1.29 is 4.79 Å². The third-order valence-corrected chi connectivity index (χ3v) is 3.90. The van der Waals surface area contributed by atoms with Crippen LogP contribution in [0.4, 0.5) is 0 Å². The molecule has 1 fully saturated rings. The number of carbonyl (C=O) groups excluding carboxylic acids is 1. The van der Waals surface area contributed by atoms with Crippen LogP contribution in [0.2, 0.25) is 0 Å². The van der Waals surface area contributed by atoms with Gasteiger partial charge in [0.1, 0.15) is 0 Å². The van der Waals surface area contributed by atoms with E-state index >= 15 is 0 Å². The molecule has 0 aromatic heterocycles. The van der Waals surface area contributed by atoms with E-state index in [1.165, 1.54) is 19.3 Å². The average Bonchev–Trinajstić information content (AvgIpc) is 2.27. The molecule has 2 heteroatoms. The largest absolute Gasteiger partial charge is 0.299 e. The lowest BCUT2D eigenvalue weighted by atomic mass is 9.85. The summed E-state index contributed by atoms with van der Waals surface area (Å²) < 4.78 is 0. The van der Waals surface area contributed by atoms with Crippen LogP contribution in [-0.2, 0) is 0 Å². The summed E-state index contributed by atoms with van der Waals surface area (Å²) in [6.45, 7) is 5.66. The quantitative estimate of drug-likeness (QED) is 0.742. The number of hydrogen-bond donors (Lipinski definition) is 0. The minimum Gasteiger partial charge on any atom is -0.299 e. The maximum atomic E-state index is 12.3. The molecule has 0 aliphatic heterocycles. The van der Waals surface area contributed by atoms with Gasteiger partial charge in [-0.1, -0.05) is 24.1 Å². The van der Waals surface area contributed by atoms with Crippen molar-refractivity contribution in [1.82, 2.24) is 4.90 Å². The topological polar surface area (TPSA) is 20.3 Å². The molecule has 0 unspecified atom stereocenters. The fraction of sp³-hybridized carbons (Fsp3) is 0.562. The molecule has 2 nitrogen and oxygen atoms in total. The van der Waals surface area contributed by atoms with E-state index in [4.69, 9.17) is 0 Å². The molecule has 0 atom stereocenters. The molecule has 1 aliphatic carbocycles. The Balaban J connectivity index is 1.95. The highest BCUT2D eigenvalue weighted by Gasteiger charge is 2.20. The van der Waals surface area contributed by atoms with Crippen molar-refractivity contribution in [1.29, 1.82) is 0 Å². The molecule has 1 saturated carbocycles. The van der Waals surface area contributed by atoms with Crippen LogP contribution in [0.25, 0.3) is 0 Å². The van der Waals surface area contributed by atoms with Gasteiger partial charge in [0.15, 0.2) is 5.78 Å². The van der Waals surface area contributed by atoms with E-state index in [0.29, 0.717) is 6.54 Å². The summed E-state index contributed by atoms with van der Waals surface area (Å²) in [4.78, 5) is 14.4. The lowest BCUT2D eigenvalue weighted by Gasteiger charge is -2.29. The molecular formula is C16H23NO. The number of nitrogens with zero attached hydrogens (tertiary/aromatic N) is 1. The number of carbonyl (C=O) groups is 1. The van der Waals surface area contributed by atoms with E-state index < -0.39 is 0 Å². The summed E-state index contributed by atoms with van der Waals surface area (Å²) in [6.07, 6.45) is 4.04. The minimum absolute atomic E-state index is 0.248. The Morgan fingerprint density at radius 3 is 2.67 bits per heavy atom. The Kier molecular flexibility index (Phi) is 4.18. The molecule has 0 amide bonds. The molecule has 0 heterocycles. The molecule has 0 saturated heterocycles. The maximum Gasteiger partial charge on any atom is 0.177 e. The van der Waals surface area contributed by atoms with Gasteiger partial charge >= 0.3 is 0 Å². The van der Waals surface area contributed by atoms with Crippen LogP contribution in [0.1, 0.15) is 40.7 Å². The van der Waals surface area contributed by atoms with Gasteiger partial charge in [0, 0.05) is 12.1 Å². The highest BCUT2D eigenvalue weighted by Crippen LogP contribution is 2.26. The van der Waals surface area contributed by atoms with Gasteiger partial charge in [0.05, 0.1) is 6.54 Å². The summed E-state index contributed by atoms with van der Waals surface area (Å²) in [5, 5.41) is 0. The first-order valence-corrected chi connectivity index (χ1v) is 6.85. The maximum absolute atomic E-state index is 12.3. The van der Waals surface area contributed by atoms with Crippen molar-refractivity contribution in [2.75, 3.05) is 20.1 Å². The number of hydrogen-bond acceptors (Lipinski definition) is 2. The normalized spacial score (nSPS) is 15.8. The van der Waals surface area contributed by atoms with Gasteiger partial charge < -0.3 is 0 Å². The van der Waals surface area contributed by atoms with Crippen LogP contribution < -0.4 is 0 Å². The highest BCUT2D eigenvalue weighted by molar-refractivity contribution is 5.99. The zero-order chi connectivity index (χ0) is 13.1. The summed E-state index contributed by atoms with van der Waals surface area (Å²) in [6, 6.07) is 6.10. The number of likely N-dealkylation sites (N-methyl/N-ethyl adjacent to an activating group) is 1. The number of benzene rings is 1. The van der Waals surface area contributed by atoms with Crippen molar-refractivity contribution in [3.05, 3.63) is 34.9 Å². The number of ketones is 1. The molecule has 1 aromatic rings. The lowest BCUT2D eigenvalue weighted by Crippen LogP contribution is -2.33. The fourth-order valence-corrected chi connectivity index (χ4v) is 2.55. The van der Waals surface area contributed by atoms with E-state index in [-0.39, 0.29) is 5.78 Å². The Morgan fingerprint density at radius 2 is 2.06 bits per heavy atom. The highest BCUT2D eigenvalue weighted by atomic mass is 16.1. The van der Waals surface area contributed by atoms with Crippen molar-refractivity contribution in [2.24, 2.45) is 5.92 Å². The van der Waals surface area contributed by atoms with E-state index in [0.717, 1.165) is 29.2 Å². The molecule has 1 aromatic carbocycles.